The molecule has 0 atom stereocenters. The number of hydrogen-bond acceptors (Lipinski definition) is 6. The summed E-state index contributed by atoms with van der Waals surface area (Å²) in [6.45, 7) is 3.28. The molecule has 3 aromatic carbocycles. The number of benzene rings is 3. The number of carbonyl (C=O) groups is 1. The van der Waals surface area contributed by atoms with Crippen LogP contribution >= 0.6 is 0 Å². The fraction of sp³-hybridized carbons (Fsp3) is 0.269. The van der Waals surface area contributed by atoms with Crippen LogP contribution in [0.25, 0.3) is 0 Å². The molecule has 7 nitrogen and oxygen atoms in total. The van der Waals surface area contributed by atoms with Crippen LogP contribution in [0.3, 0.4) is 0 Å². The smallest absolute Gasteiger partial charge is 0.337 e. The highest BCUT2D eigenvalue weighted by Gasteiger charge is 2.19. The number of methoxy groups -OCH3 is 1. The lowest BCUT2D eigenvalue weighted by Crippen LogP contribution is -2.37. The van der Waals surface area contributed by atoms with Gasteiger partial charge in [0.05, 0.1) is 31.6 Å². The number of anilines is 2. The average Bonchev–Trinajstić information content (AvgIpc) is 2.87. The number of morpholine rings is 1. The summed E-state index contributed by atoms with van der Waals surface area (Å²) in [4.78, 5) is 13.9. The van der Waals surface area contributed by atoms with Crippen molar-refractivity contribution in [3.05, 3.63) is 83.2 Å². The number of hydrogen-bond donors (Lipinski definition) is 2. The molecule has 0 amide bonds. The van der Waals surface area contributed by atoms with Crippen LogP contribution in [0.1, 0.15) is 21.5 Å². The first-order chi connectivity index (χ1) is 16.5. The molecule has 1 aliphatic rings. The Morgan fingerprint density at radius 3 is 2.47 bits per heavy atom. The molecule has 0 aliphatic carbocycles. The van der Waals surface area contributed by atoms with E-state index >= 15 is 0 Å². The second-order valence-electron chi connectivity index (χ2n) is 7.89. The number of aromatic carboxylic acids is 1. The van der Waals surface area contributed by atoms with Gasteiger partial charge < -0.3 is 29.5 Å². The van der Waals surface area contributed by atoms with Gasteiger partial charge in [0.15, 0.2) is 11.5 Å². The number of nitrogens with one attached hydrogen (secondary N) is 1. The van der Waals surface area contributed by atoms with E-state index < -0.39 is 5.97 Å². The molecule has 3 aromatic rings. The molecule has 0 bridgehead atoms. The molecule has 4 rings (SSSR count). The lowest BCUT2D eigenvalue weighted by Gasteiger charge is -2.30. The molecule has 0 radical (unpaired) electrons. The van der Waals surface area contributed by atoms with E-state index in [4.69, 9.17) is 14.2 Å². The van der Waals surface area contributed by atoms with Crippen molar-refractivity contribution in [1.82, 2.24) is 0 Å². The van der Waals surface area contributed by atoms with Crippen LogP contribution in [0.4, 0.5) is 15.8 Å². The Labute approximate surface area is 197 Å². The van der Waals surface area contributed by atoms with E-state index in [2.05, 4.69) is 5.32 Å². The van der Waals surface area contributed by atoms with Crippen LogP contribution in [0.5, 0.6) is 11.5 Å². The monoisotopic (exact) mass is 466 g/mol. The summed E-state index contributed by atoms with van der Waals surface area (Å²) in [7, 11) is 1.57. The molecule has 1 aliphatic heterocycles. The number of carboxylic acid groups (broad SMARTS) is 1. The Hall–Kier alpha value is -3.78. The summed E-state index contributed by atoms with van der Waals surface area (Å²) >= 11 is 0. The Balaban J connectivity index is 1.42. The van der Waals surface area contributed by atoms with E-state index in [-0.39, 0.29) is 11.4 Å². The first kappa shape index (κ1) is 23.4. The fourth-order valence-corrected chi connectivity index (χ4v) is 3.78. The van der Waals surface area contributed by atoms with Crippen LogP contribution in [0.15, 0.2) is 60.7 Å². The van der Waals surface area contributed by atoms with E-state index in [1.54, 1.807) is 25.3 Å². The van der Waals surface area contributed by atoms with Gasteiger partial charge in [-0.2, -0.15) is 0 Å². The number of carboxylic acids is 1. The molecule has 0 aromatic heterocycles. The molecule has 2 N–H and O–H groups in total. The molecule has 178 valence electrons. The molecule has 0 spiro atoms. The van der Waals surface area contributed by atoms with Crippen LogP contribution in [-0.2, 0) is 17.9 Å². The fourth-order valence-electron chi connectivity index (χ4n) is 3.78. The van der Waals surface area contributed by atoms with Crippen LogP contribution in [-0.4, -0.2) is 44.5 Å². The average molecular weight is 467 g/mol. The second kappa shape index (κ2) is 10.9. The van der Waals surface area contributed by atoms with Crippen LogP contribution < -0.4 is 19.7 Å². The zero-order valence-corrected chi connectivity index (χ0v) is 18.9. The number of ether oxygens (including phenoxy) is 3. The molecule has 1 heterocycles. The first-order valence-electron chi connectivity index (χ1n) is 11.0. The molecule has 34 heavy (non-hydrogen) atoms. The van der Waals surface area contributed by atoms with Gasteiger partial charge in [0.2, 0.25) is 0 Å². The summed E-state index contributed by atoms with van der Waals surface area (Å²) in [6, 6.07) is 17.1. The van der Waals surface area contributed by atoms with Crippen LogP contribution in [0, 0.1) is 5.82 Å². The van der Waals surface area contributed by atoms with Gasteiger partial charge in [-0.25, -0.2) is 9.18 Å². The van der Waals surface area contributed by atoms with Gasteiger partial charge in [-0.1, -0.05) is 18.2 Å². The highest BCUT2D eigenvalue weighted by atomic mass is 19.1. The predicted octanol–water partition coefficient (Wildman–Crippen LogP) is 4.56. The third kappa shape index (κ3) is 5.77. The molecular formula is C26H27FN2O5. The summed E-state index contributed by atoms with van der Waals surface area (Å²) in [5.74, 6) is -0.0900. The van der Waals surface area contributed by atoms with E-state index in [0.717, 1.165) is 11.1 Å². The Morgan fingerprint density at radius 2 is 1.76 bits per heavy atom. The van der Waals surface area contributed by atoms with Crippen molar-refractivity contribution < 1.29 is 28.5 Å². The lowest BCUT2D eigenvalue weighted by molar-refractivity contribution is 0.0696. The van der Waals surface area contributed by atoms with Crippen molar-refractivity contribution in [1.29, 1.82) is 0 Å². The minimum Gasteiger partial charge on any atom is -0.493 e. The minimum absolute atomic E-state index is 0.258. The third-order valence-corrected chi connectivity index (χ3v) is 5.61. The first-order valence-corrected chi connectivity index (χ1v) is 11.0. The quantitative estimate of drug-likeness (QED) is 0.479. The number of halogens is 1. The van der Waals surface area contributed by atoms with Gasteiger partial charge in [-0.05, 0) is 53.6 Å². The van der Waals surface area contributed by atoms with E-state index in [1.807, 2.05) is 35.2 Å². The highest BCUT2D eigenvalue weighted by molar-refractivity contribution is 5.95. The topological polar surface area (TPSA) is 80.3 Å². The molecule has 0 unspecified atom stereocenters. The molecule has 1 fully saturated rings. The number of nitrogens with zero attached hydrogens (tertiary/aromatic N) is 1. The minimum atomic E-state index is -0.963. The Kier molecular flexibility index (Phi) is 7.49. The standard InChI is InChI=1S/C26H27FN2O5/c1-32-25-14-19(4-9-24(25)34-17-18-2-5-20(27)6-3-18)16-28-21-7-8-23(22(15-21)26(30)31)29-10-12-33-13-11-29/h2-9,14-15,28H,10-13,16-17H2,1H3,(H,30,31). The van der Waals surface area contributed by atoms with Gasteiger partial charge in [0.1, 0.15) is 12.4 Å². The summed E-state index contributed by atoms with van der Waals surface area (Å²) in [5.41, 5.74) is 3.47. The predicted molar refractivity (Wildman–Crippen MR) is 127 cm³/mol. The highest BCUT2D eigenvalue weighted by Crippen LogP contribution is 2.30. The van der Waals surface area contributed by atoms with Gasteiger partial charge in [-0.3, -0.25) is 0 Å². The summed E-state index contributed by atoms with van der Waals surface area (Å²) in [5, 5.41) is 13.0. The zero-order chi connectivity index (χ0) is 23.9. The normalized spacial score (nSPS) is 13.4. The van der Waals surface area contributed by atoms with Crippen molar-refractivity contribution in [2.75, 3.05) is 43.6 Å². The molecule has 0 saturated carbocycles. The van der Waals surface area contributed by atoms with E-state index in [1.165, 1.54) is 12.1 Å². The maximum absolute atomic E-state index is 13.1. The number of rotatable bonds is 9. The second-order valence-corrected chi connectivity index (χ2v) is 7.89. The summed E-state index contributed by atoms with van der Waals surface area (Å²) in [6.07, 6.45) is 0. The van der Waals surface area contributed by atoms with Crippen molar-refractivity contribution in [2.45, 2.75) is 13.2 Å². The zero-order valence-electron chi connectivity index (χ0n) is 18.9. The molecule has 1 saturated heterocycles. The van der Waals surface area contributed by atoms with Crippen molar-refractivity contribution in [2.24, 2.45) is 0 Å². The van der Waals surface area contributed by atoms with E-state index in [0.29, 0.717) is 62.3 Å². The Morgan fingerprint density at radius 1 is 1.03 bits per heavy atom. The largest absolute Gasteiger partial charge is 0.493 e. The van der Waals surface area contributed by atoms with Crippen molar-refractivity contribution in [3.63, 3.8) is 0 Å². The van der Waals surface area contributed by atoms with Gasteiger partial charge in [-0.15, -0.1) is 0 Å². The summed E-state index contributed by atoms with van der Waals surface area (Å²) < 4.78 is 29.8. The van der Waals surface area contributed by atoms with Crippen LogP contribution in [0.2, 0.25) is 0 Å². The van der Waals surface area contributed by atoms with E-state index in [9.17, 15) is 14.3 Å². The molecule has 8 heteroatoms. The van der Waals surface area contributed by atoms with Gasteiger partial charge in [0, 0.05) is 25.3 Å². The van der Waals surface area contributed by atoms with Crippen molar-refractivity contribution >= 4 is 17.3 Å². The third-order valence-electron chi connectivity index (χ3n) is 5.61. The lowest BCUT2D eigenvalue weighted by atomic mass is 10.1. The Bertz CT molecular complexity index is 1130. The van der Waals surface area contributed by atoms with Gasteiger partial charge >= 0.3 is 5.97 Å². The maximum Gasteiger partial charge on any atom is 0.337 e. The molecular weight excluding hydrogens is 439 g/mol. The maximum atomic E-state index is 13.1. The van der Waals surface area contributed by atoms with Crippen molar-refractivity contribution in [3.8, 4) is 11.5 Å². The SMILES string of the molecule is COc1cc(CNc2ccc(N3CCOCC3)c(C(=O)O)c2)ccc1OCc1ccc(F)cc1. The van der Waals surface area contributed by atoms with Gasteiger partial charge in [0.25, 0.3) is 0 Å².